The third-order valence-electron chi connectivity index (χ3n) is 5.11. The van der Waals surface area contributed by atoms with Crippen LogP contribution in [0.2, 0.25) is 5.02 Å². The third kappa shape index (κ3) is 5.45. The lowest BCUT2D eigenvalue weighted by atomic mass is 9.94. The van der Waals surface area contributed by atoms with Crippen molar-refractivity contribution in [1.82, 2.24) is 0 Å². The fourth-order valence-electron chi connectivity index (χ4n) is 3.72. The molecule has 7 heteroatoms. The molecule has 0 unspecified atom stereocenters. The van der Waals surface area contributed by atoms with Crippen LogP contribution in [0.4, 0.5) is 5.69 Å². The molecule has 2 aromatic rings. The number of rotatable bonds is 5. The van der Waals surface area contributed by atoms with Gasteiger partial charge in [-0.15, -0.1) is 0 Å². The summed E-state index contributed by atoms with van der Waals surface area (Å²) in [6.45, 7) is 7.00. The van der Waals surface area contributed by atoms with Gasteiger partial charge >= 0.3 is 5.97 Å². The average molecular weight is 445 g/mol. The Kier molecular flexibility index (Phi) is 7.04. The highest BCUT2D eigenvalue weighted by atomic mass is 35.5. The molecule has 2 N–H and O–H groups in total. The van der Waals surface area contributed by atoms with Gasteiger partial charge in [0.1, 0.15) is 12.2 Å². The molecule has 0 saturated heterocycles. The van der Waals surface area contributed by atoms with Crippen molar-refractivity contribution in [2.45, 2.75) is 45.9 Å². The smallest absolute Gasteiger partial charge is 0.308 e. The van der Waals surface area contributed by atoms with Gasteiger partial charge < -0.3 is 20.1 Å². The lowest BCUT2D eigenvalue weighted by Crippen LogP contribution is -2.44. The highest BCUT2D eigenvalue weighted by Gasteiger charge is 2.39. The largest absolute Gasteiger partial charge is 0.469 e. The van der Waals surface area contributed by atoms with Crippen LogP contribution in [0, 0.1) is 5.41 Å². The normalized spacial score (nSPS) is 19.0. The lowest BCUT2D eigenvalue weighted by molar-refractivity contribution is -0.149. The van der Waals surface area contributed by atoms with Gasteiger partial charge in [-0.05, 0) is 34.7 Å². The van der Waals surface area contributed by atoms with Crippen LogP contribution >= 0.6 is 11.6 Å². The molecule has 31 heavy (non-hydrogen) atoms. The van der Waals surface area contributed by atoms with Gasteiger partial charge in [0.15, 0.2) is 0 Å². The number of nitrogens with zero attached hydrogens (tertiary/aromatic N) is 1. The highest BCUT2D eigenvalue weighted by Crippen LogP contribution is 2.41. The minimum Gasteiger partial charge on any atom is -0.469 e. The van der Waals surface area contributed by atoms with Crippen molar-refractivity contribution in [2.75, 3.05) is 18.6 Å². The van der Waals surface area contributed by atoms with E-state index >= 15 is 0 Å². The Morgan fingerprint density at radius 1 is 1.23 bits per heavy atom. The third-order valence-corrected chi connectivity index (χ3v) is 5.34. The summed E-state index contributed by atoms with van der Waals surface area (Å²) in [5.74, 6) is -0.783. The van der Waals surface area contributed by atoms with E-state index in [9.17, 15) is 9.59 Å². The summed E-state index contributed by atoms with van der Waals surface area (Å²) in [6.07, 6.45) is -1.76. The number of hydrogen-bond acceptors (Lipinski definition) is 5. The highest BCUT2D eigenvalue weighted by molar-refractivity contribution is 6.30. The summed E-state index contributed by atoms with van der Waals surface area (Å²) in [4.78, 5) is 27.4. The maximum Gasteiger partial charge on any atom is 0.308 e. The topological polar surface area (TPSA) is 81.9 Å². The van der Waals surface area contributed by atoms with Gasteiger partial charge in [0.2, 0.25) is 0 Å². The first-order chi connectivity index (χ1) is 14.6. The summed E-state index contributed by atoms with van der Waals surface area (Å²) in [7, 11) is 1.30. The van der Waals surface area contributed by atoms with Gasteiger partial charge in [-0.25, -0.2) is 0 Å². The molecule has 2 aromatic carbocycles. The Morgan fingerprint density at radius 3 is 2.61 bits per heavy atom. The molecule has 0 spiro atoms. The van der Waals surface area contributed by atoms with E-state index < -0.39 is 18.2 Å². The standard InChI is InChI=1S/C24H29ClN2O4/c1-24(2,3)14-27-19-9-8-17(25)11-18(19)22(16-7-5-6-15(10-16)13-26)31-20(23(27)29)12-21(28)30-4/h5-11,20,22H,12-14,26H2,1-4H3/t20-,22-/m0/s1. The number of amides is 1. The zero-order chi connectivity index (χ0) is 22.8. The minimum atomic E-state index is -0.993. The molecule has 0 radical (unpaired) electrons. The van der Waals surface area contributed by atoms with Gasteiger partial charge in [-0.2, -0.15) is 0 Å². The summed E-state index contributed by atoms with van der Waals surface area (Å²) in [5.41, 5.74) is 8.93. The van der Waals surface area contributed by atoms with Crippen LogP contribution in [0.1, 0.15) is 50.0 Å². The second-order valence-electron chi connectivity index (χ2n) is 8.92. The maximum atomic E-state index is 13.6. The SMILES string of the molecule is COC(=O)C[C@@H]1O[C@@H](c2cccc(CN)c2)c2cc(Cl)ccc2N(CC(C)(C)C)C1=O. The summed E-state index contributed by atoms with van der Waals surface area (Å²) in [6, 6.07) is 13.1. The van der Waals surface area contributed by atoms with Gasteiger partial charge in [0.25, 0.3) is 5.91 Å². The monoisotopic (exact) mass is 444 g/mol. The van der Waals surface area contributed by atoms with Crippen LogP contribution < -0.4 is 10.6 Å². The fraction of sp³-hybridized carbons (Fsp3) is 0.417. The maximum absolute atomic E-state index is 13.6. The van der Waals surface area contributed by atoms with E-state index in [1.165, 1.54) is 7.11 Å². The van der Waals surface area contributed by atoms with E-state index in [1.54, 1.807) is 11.0 Å². The van der Waals surface area contributed by atoms with Crippen molar-refractivity contribution in [3.05, 3.63) is 64.2 Å². The molecule has 0 aromatic heterocycles. The first-order valence-corrected chi connectivity index (χ1v) is 10.6. The number of nitrogens with two attached hydrogens (primary N) is 1. The zero-order valence-corrected chi connectivity index (χ0v) is 19.1. The molecule has 166 valence electrons. The second-order valence-corrected chi connectivity index (χ2v) is 9.36. The number of carbonyl (C=O) groups is 2. The van der Waals surface area contributed by atoms with E-state index in [0.29, 0.717) is 18.1 Å². The van der Waals surface area contributed by atoms with E-state index in [1.807, 2.05) is 36.4 Å². The number of carbonyl (C=O) groups excluding carboxylic acids is 2. The summed E-state index contributed by atoms with van der Waals surface area (Å²) >= 11 is 6.35. The van der Waals surface area contributed by atoms with Gasteiger partial charge in [-0.1, -0.05) is 56.6 Å². The van der Waals surface area contributed by atoms with E-state index in [2.05, 4.69) is 20.8 Å². The van der Waals surface area contributed by atoms with Crippen molar-refractivity contribution in [3.63, 3.8) is 0 Å². The van der Waals surface area contributed by atoms with Crippen molar-refractivity contribution < 1.29 is 19.1 Å². The number of anilines is 1. The van der Waals surface area contributed by atoms with Crippen LogP contribution in [-0.2, 0) is 25.6 Å². The van der Waals surface area contributed by atoms with Crippen molar-refractivity contribution in [2.24, 2.45) is 11.1 Å². The Hall–Kier alpha value is -2.41. The predicted octanol–water partition coefficient (Wildman–Crippen LogP) is 4.23. The quantitative estimate of drug-likeness (QED) is 0.698. The van der Waals surface area contributed by atoms with Crippen molar-refractivity contribution in [3.8, 4) is 0 Å². The Morgan fingerprint density at radius 2 is 1.97 bits per heavy atom. The first-order valence-electron chi connectivity index (χ1n) is 10.2. The fourth-order valence-corrected chi connectivity index (χ4v) is 3.90. The minimum absolute atomic E-state index is 0.176. The molecule has 0 saturated carbocycles. The molecule has 0 bridgehead atoms. The number of fused-ring (bicyclic) bond motifs is 1. The Bertz CT molecular complexity index is 970. The molecular formula is C24H29ClN2O4. The summed E-state index contributed by atoms with van der Waals surface area (Å²) in [5, 5.41) is 0.539. The van der Waals surface area contributed by atoms with Crippen LogP contribution in [0.25, 0.3) is 0 Å². The molecule has 1 amide bonds. The zero-order valence-electron chi connectivity index (χ0n) is 18.4. The predicted molar refractivity (Wildman–Crippen MR) is 121 cm³/mol. The first kappa shape index (κ1) is 23.3. The molecule has 0 fully saturated rings. The molecule has 1 aliphatic heterocycles. The molecule has 3 rings (SSSR count). The second kappa shape index (κ2) is 9.39. The molecule has 2 atom stereocenters. The van der Waals surface area contributed by atoms with Crippen molar-refractivity contribution in [1.29, 1.82) is 0 Å². The van der Waals surface area contributed by atoms with Crippen LogP contribution in [0.5, 0.6) is 0 Å². The van der Waals surface area contributed by atoms with Gasteiger partial charge in [0, 0.05) is 29.4 Å². The molecule has 6 nitrogen and oxygen atoms in total. The van der Waals surface area contributed by atoms with Gasteiger partial charge in [0.05, 0.1) is 13.5 Å². The number of ether oxygens (including phenoxy) is 2. The van der Waals surface area contributed by atoms with Crippen LogP contribution in [0.15, 0.2) is 42.5 Å². The number of benzene rings is 2. The van der Waals surface area contributed by atoms with Gasteiger partial charge in [-0.3, -0.25) is 9.59 Å². The number of hydrogen-bond donors (Lipinski definition) is 1. The lowest BCUT2D eigenvalue weighted by Gasteiger charge is -2.31. The van der Waals surface area contributed by atoms with Crippen LogP contribution in [-0.4, -0.2) is 31.6 Å². The average Bonchev–Trinajstić information content (AvgIpc) is 2.83. The van der Waals surface area contributed by atoms with Crippen molar-refractivity contribution >= 4 is 29.2 Å². The Balaban J connectivity index is 2.18. The number of methoxy groups -OCH3 is 1. The van der Waals surface area contributed by atoms with E-state index in [0.717, 1.165) is 22.4 Å². The van der Waals surface area contributed by atoms with E-state index in [4.69, 9.17) is 26.8 Å². The Labute approximate surface area is 188 Å². The number of halogens is 1. The molecule has 1 heterocycles. The summed E-state index contributed by atoms with van der Waals surface area (Å²) < 4.78 is 11.1. The van der Waals surface area contributed by atoms with Crippen LogP contribution in [0.3, 0.4) is 0 Å². The molecule has 1 aliphatic rings. The molecule has 0 aliphatic carbocycles. The van der Waals surface area contributed by atoms with E-state index in [-0.39, 0.29) is 17.7 Å². The number of esters is 1. The molecular weight excluding hydrogens is 416 g/mol.